The monoisotopic (exact) mass is 338 g/mol. The molecule has 0 N–H and O–H groups in total. The van der Waals surface area contributed by atoms with Gasteiger partial charge in [-0.3, -0.25) is 19.5 Å². The summed E-state index contributed by atoms with van der Waals surface area (Å²) in [6, 6.07) is 9.61. The van der Waals surface area contributed by atoms with Crippen LogP contribution in [-0.2, 0) is 0 Å². The molecule has 8 heteroatoms. The van der Waals surface area contributed by atoms with Gasteiger partial charge in [-0.1, -0.05) is 12.1 Å². The van der Waals surface area contributed by atoms with Crippen LogP contribution in [0.3, 0.4) is 0 Å². The maximum absolute atomic E-state index is 12.6. The molecule has 1 aromatic carbocycles. The van der Waals surface area contributed by atoms with E-state index in [9.17, 15) is 14.9 Å². The van der Waals surface area contributed by atoms with Gasteiger partial charge in [0, 0.05) is 18.2 Å². The minimum atomic E-state index is -0.503. The van der Waals surface area contributed by atoms with Gasteiger partial charge in [-0.2, -0.15) is 10.5 Å². The van der Waals surface area contributed by atoms with Crippen molar-refractivity contribution in [3.05, 3.63) is 59.5 Å². The first-order valence-corrected chi connectivity index (χ1v) is 7.89. The molecular weight excluding hydrogens is 328 g/mol. The Bertz CT molecular complexity index is 1080. The van der Waals surface area contributed by atoms with Crippen molar-refractivity contribution >= 4 is 28.7 Å². The Morgan fingerprint density at radius 1 is 1.38 bits per heavy atom. The summed E-state index contributed by atoms with van der Waals surface area (Å²) in [5, 5.41) is 29.0. The second-order valence-corrected chi connectivity index (χ2v) is 6.30. The van der Waals surface area contributed by atoms with Gasteiger partial charge in [0.15, 0.2) is 5.57 Å². The van der Waals surface area contributed by atoms with Crippen molar-refractivity contribution in [3.8, 4) is 12.1 Å². The van der Waals surface area contributed by atoms with Crippen LogP contribution in [0.2, 0.25) is 0 Å². The topological polar surface area (TPSA) is 113 Å². The van der Waals surface area contributed by atoms with Crippen molar-refractivity contribution in [3.63, 3.8) is 0 Å². The minimum Gasteiger partial charge on any atom is -0.294 e. The van der Waals surface area contributed by atoms with Gasteiger partial charge in [-0.15, -0.1) is 11.3 Å². The van der Waals surface area contributed by atoms with E-state index in [1.165, 1.54) is 16.7 Å². The summed E-state index contributed by atoms with van der Waals surface area (Å²) in [6.45, 7) is 0. The Balaban J connectivity index is 2.26. The molecular formula is C16H10N4O3S. The smallest absolute Gasteiger partial charge is 0.270 e. The van der Waals surface area contributed by atoms with Gasteiger partial charge in [0.1, 0.15) is 16.8 Å². The molecule has 0 saturated heterocycles. The van der Waals surface area contributed by atoms with Crippen LogP contribution in [0.15, 0.2) is 29.1 Å². The summed E-state index contributed by atoms with van der Waals surface area (Å²) in [5.74, 6) is 0. The molecule has 0 amide bonds. The molecule has 1 aromatic heterocycles. The van der Waals surface area contributed by atoms with Crippen molar-refractivity contribution < 1.29 is 4.92 Å². The molecule has 7 nitrogen and oxygen atoms in total. The predicted octanol–water partition coefficient (Wildman–Crippen LogP) is 1.18. The Labute approximate surface area is 139 Å². The van der Waals surface area contributed by atoms with Crippen LogP contribution < -0.4 is 14.8 Å². The van der Waals surface area contributed by atoms with Crippen LogP contribution in [0, 0.1) is 32.8 Å². The minimum absolute atomic E-state index is 0.0210. The number of benzene rings is 1. The highest BCUT2D eigenvalue weighted by molar-refractivity contribution is 7.07. The third-order valence-corrected chi connectivity index (χ3v) is 4.69. The molecule has 24 heavy (non-hydrogen) atoms. The zero-order chi connectivity index (χ0) is 17.3. The van der Waals surface area contributed by atoms with Gasteiger partial charge in [-0.25, -0.2) is 0 Å². The van der Waals surface area contributed by atoms with Gasteiger partial charge in [0.25, 0.3) is 11.2 Å². The lowest BCUT2D eigenvalue weighted by molar-refractivity contribution is -0.384. The van der Waals surface area contributed by atoms with Crippen LogP contribution in [0.5, 0.6) is 0 Å². The highest BCUT2D eigenvalue weighted by atomic mass is 32.1. The molecule has 118 valence electrons. The molecule has 2 aromatic rings. The fraction of sp³-hybridized carbons (Fsp3) is 0.188. The lowest BCUT2D eigenvalue weighted by Gasteiger charge is -1.96. The Morgan fingerprint density at radius 3 is 2.67 bits per heavy atom. The standard InChI is InChI=1S/C16H10N4O3S/c17-8-11(9-18)16-19(12-4-5-12)15(21)14(24-16)7-10-2-1-3-13(6-10)20(22)23/h1-3,6-7,12H,4-5H2/b14-7-. The number of nitrogens with zero attached hydrogens (tertiary/aromatic N) is 4. The number of nitro benzene ring substituents is 1. The van der Waals surface area contributed by atoms with Crippen LogP contribution in [0.1, 0.15) is 24.4 Å². The van der Waals surface area contributed by atoms with Crippen molar-refractivity contribution in [2.45, 2.75) is 18.9 Å². The number of aromatic nitrogens is 1. The summed E-state index contributed by atoms with van der Waals surface area (Å²) < 4.78 is 2.19. The summed E-state index contributed by atoms with van der Waals surface area (Å²) in [7, 11) is 0. The van der Waals surface area contributed by atoms with Gasteiger partial charge in [0.05, 0.1) is 9.46 Å². The molecule has 1 fully saturated rings. The molecule has 1 aliphatic carbocycles. The lowest BCUT2D eigenvalue weighted by atomic mass is 10.2. The number of nitriles is 2. The second-order valence-electron chi connectivity index (χ2n) is 5.27. The molecule has 0 bridgehead atoms. The molecule has 3 rings (SSSR count). The van der Waals surface area contributed by atoms with Gasteiger partial charge in [0.2, 0.25) is 0 Å². The number of non-ortho nitro benzene ring substituents is 1. The Kier molecular flexibility index (Phi) is 3.98. The summed E-state index contributed by atoms with van der Waals surface area (Å²) in [4.78, 5) is 23.0. The third kappa shape index (κ3) is 2.83. The quantitative estimate of drug-likeness (QED) is 0.616. The normalized spacial score (nSPS) is 14.0. The summed E-state index contributed by atoms with van der Waals surface area (Å²) >= 11 is 1.06. The molecule has 0 radical (unpaired) electrons. The van der Waals surface area contributed by atoms with Crippen molar-refractivity contribution in [2.75, 3.05) is 0 Å². The van der Waals surface area contributed by atoms with Crippen molar-refractivity contribution in [1.29, 1.82) is 10.5 Å². The highest BCUT2D eigenvalue weighted by Crippen LogP contribution is 2.32. The largest absolute Gasteiger partial charge is 0.294 e. The van der Waals surface area contributed by atoms with E-state index in [4.69, 9.17) is 10.5 Å². The first kappa shape index (κ1) is 15.7. The van der Waals surface area contributed by atoms with E-state index >= 15 is 0 Å². The second kappa shape index (κ2) is 6.11. The maximum Gasteiger partial charge on any atom is 0.270 e. The molecule has 0 unspecified atom stereocenters. The SMILES string of the molecule is N#CC(C#N)=c1s/c(=C\c2cccc([N+](=O)[O-])c2)c(=O)n1C1CC1. The first-order valence-electron chi connectivity index (χ1n) is 7.07. The van der Waals surface area contributed by atoms with Crippen LogP contribution >= 0.6 is 11.3 Å². The Hall–Kier alpha value is -3.23. The van der Waals surface area contributed by atoms with Crippen molar-refractivity contribution in [2.24, 2.45) is 0 Å². The van der Waals surface area contributed by atoms with Gasteiger partial charge < -0.3 is 0 Å². The van der Waals surface area contributed by atoms with E-state index in [-0.39, 0.29) is 22.9 Å². The number of nitro groups is 1. The lowest BCUT2D eigenvalue weighted by Crippen LogP contribution is -2.31. The van der Waals surface area contributed by atoms with Crippen LogP contribution in [0.25, 0.3) is 11.6 Å². The zero-order valence-corrected chi connectivity index (χ0v) is 13.1. The molecule has 1 aliphatic rings. The number of hydrogen-bond donors (Lipinski definition) is 0. The first-order chi connectivity index (χ1) is 11.5. The molecule has 1 saturated carbocycles. The van der Waals surface area contributed by atoms with Gasteiger partial charge >= 0.3 is 0 Å². The van der Waals surface area contributed by atoms with Crippen LogP contribution in [0.4, 0.5) is 5.69 Å². The maximum atomic E-state index is 12.6. The van der Waals surface area contributed by atoms with E-state index in [1.807, 2.05) is 12.1 Å². The highest BCUT2D eigenvalue weighted by Gasteiger charge is 2.27. The van der Waals surface area contributed by atoms with Crippen molar-refractivity contribution in [1.82, 2.24) is 4.57 Å². The average molecular weight is 338 g/mol. The van der Waals surface area contributed by atoms with E-state index in [2.05, 4.69) is 0 Å². The summed E-state index contributed by atoms with van der Waals surface area (Å²) in [6.07, 6.45) is 3.23. The average Bonchev–Trinajstić information content (AvgIpc) is 3.35. The van der Waals surface area contributed by atoms with E-state index in [1.54, 1.807) is 18.2 Å². The third-order valence-electron chi connectivity index (χ3n) is 3.58. The number of rotatable bonds is 3. The fourth-order valence-corrected chi connectivity index (χ4v) is 3.45. The fourth-order valence-electron chi connectivity index (χ4n) is 2.34. The molecule has 0 spiro atoms. The molecule has 0 aliphatic heterocycles. The zero-order valence-electron chi connectivity index (χ0n) is 12.3. The van der Waals surface area contributed by atoms with E-state index in [0.717, 1.165) is 24.2 Å². The molecule has 1 heterocycles. The molecule has 0 atom stereocenters. The van der Waals surface area contributed by atoms with Gasteiger partial charge in [-0.05, 0) is 24.5 Å². The van der Waals surface area contributed by atoms with E-state index < -0.39 is 4.92 Å². The number of thiazole rings is 1. The van der Waals surface area contributed by atoms with E-state index in [0.29, 0.717) is 14.8 Å². The number of hydrogen-bond acceptors (Lipinski definition) is 6. The summed E-state index contributed by atoms with van der Waals surface area (Å²) in [5.41, 5.74) is 0.0894. The Morgan fingerprint density at radius 2 is 2.08 bits per heavy atom. The predicted molar refractivity (Wildman–Crippen MR) is 87.4 cm³/mol. The van der Waals surface area contributed by atoms with Crippen LogP contribution in [-0.4, -0.2) is 9.49 Å².